The summed E-state index contributed by atoms with van der Waals surface area (Å²) in [7, 11) is 0. The molecular weight excluding hydrogens is 344 g/mol. The van der Waals surface area contributed by atoms with Crippen LogP contribution in [0.3, 0.4) is 0 Å². The van der Waals surface area contributed by atoms with E-state index in [1.54, 1.807) is 12.3 Å². The van der Waals surface area contributed by atoms with Gasteiger partial charge in [0.2, 0.25) is 0 Å². The highest BCUT2D eigenvalue weighted by Gasteiger charge is 2.14. The normalized spacial score (nSPS) is 18.7. The maximum absolute atomic E-state index is 6.10. The summed E-state index contributed by atoms with van der Waals surface area (Å²) in [5.74, 6) is 1.41. The number of ether oxygens (including phenoxy) is 1. The Balaban J connectivity index is 2.08. The fourth-order valence-electron chi connectivity index (χ4n) is 3.37. The van der Waals surface area contributed by atoms with Gasteiger partial charge in [0.1, 0.15) is 11.5 Å². The molecule has 3 heteroatoms. The van der Waals surface area contributed by atoms with Crippen LogP contribution >= 0.6 is 0 Å². The molecule has 150 valence electrons. The maximum Gasteiger partial charge on any atom is 0.119 e. The molecule has 1 saturated heterocycles. The van der Waals surface area contributed by atoms with Crippen molar-refractivity contribution >= 4 is 6.21 Å². The molecule has 1 aliphatic rings. The molecule has 1 unspecified atom stereocenters. The zero-order chi connectivity index (χ0) is 20.4. The third kappa shape index (κ3) is 7.32. The zero-order valence-electron chi connectivity index (χ0n) is 17.6. The topological polar surface area (TPSA) is 33.6 Å². The van der Waals surface area contributed by atoms with Crippen molar-refractivity contribution in [1.82, 2.24) is 5.32 Å². The van der Waals surface area contributed by atoms with E-state index < -0.39 is 0 Å². The zero-order valence-corrected chi connectivity index (χ0v) is 17.6. The van der Waals surface area contributed by atoms with E-state index in [4.69, 9.17) is 4.74 Å². The molecule has 0 bridgehead atoms. The average molecular weight is 379 g/mol. The summed E-state index contributed by atoms with van der Waals surface area (Å²) in [6.07, 6.45) is 8.76. The van der Waals surface area contributed by atoms with Crippen molar-refractivity contribution in [2.45, 2.75) is 40.0 Å². The number of piperidine rings is 1. The highest BCUT2D eigenvalue weighted by atomic mass is 16.5. The maximum atomic E-state index is 6.10. The summed E-state index contributed by atoms with van der Waals surface area (Å²) >= 11 is 0. The number of hydrogen-bond acceptors (Lipinski definition) is 3. The smallest absolute Gasteiger partial charge is 0.119 e. The van der Waals surface area contributed by atoms with Crippen LogP contribution in [-0.4, -0.2) is 25.9 Å². The van der Waals surface area contributed by atoms with Crippen LogP contribution in [0.15, 0.2) is 77.2 Å². The van der Waals surface area contributed by atoms with E-state index in [0.29, 0.717) is 5.92 Å². The number of nitrogens with zero attached hydrogens (tertiary/aromatic N) is 1. The van der Waals surface area contributed by atoms with E-state index in [-0.39, 0.29) is 0 Å². The first-order valence-electron chi connectivity index (χ1n) is 10.1. The van der Waals surface area contributed by atoms with Crippen molar-refractivity contribution in [3.63, 3.8) is 0 Å². The van der Waals surface area contributed by atoms with Gasteiger partial charge in [0.05, 0.1) is 6.61 Å². The molecule has 0 saturated carbocycles. The van der Waals surface area contributed by atoms with Crippen molar-refractivity contribution in [2.24, 2.45) is 10.9 Å². The first kappa shape index (κ1) is 21.9. The predicted molar refractivity (Wildman–Crippen MR) is 121 cm³/mol. The Kier molecular flexibility index (Phi) is 8.96. The van der Waals surface area contributed by atoms with Gasteiger partial charge in [-0.05, 0) is 57.7 Å². The van der Waals surface area contributed by atoms with Crippen LogP contribution in [-0.2, 0) is 11.2 Å². The van der Waals surface area contributed by atoms with Crippen molar-refractivity contribution in [2.75, 3.05) is 19.7 Å². The molecule has 1 heterocycles. The lowest BCUT2D eigenvalue weighted by Crippen LogP contribution is -2.32. The molecule has 1 fully saturated rings. The number of hydrogen-bond donors (Lipinski definition) is 1. The number of nitrogens with one attached hydrogen (secondary N) is 1. The lowest BCUT2D eigenvalue weighted by atomic mass is 10.0. The fourth-order valence-corrected chi connectivity index (χ4v) is 3.37. The minimum atomic E-state index is 0.564. The molecule has 28 heavy (non-hydrogen) atoms. The molecule has 0 aromatic heterocycles. The third-order valence-corrected chi connectivity index (χ3v) is 4.92. The molecule has 0 spiro atoms. The van der Waals surface area contributed by atoms with Gasteiger partial charge < -0.3 is 10.1 Å². The van der Waals surface area contributed by atoms with Crippen LogP contribution in [0.5, 0.6) is 0 Å². The summed E-state index contributed by atoms with van der Waals surface area (Å²) in [6, 6.07) is 8.58. The number of rotatable bonds is 9. The Labute approximate surface area is 170 Å². The Bertz CT molecular complexity index is 747. The average Bonchev–Trinajstić information content (AvgIpc) is 2.69. The predicted octanol–water partition coefficient (Wildman–Crippen LogP) is 5.54. The lowest BCUT2D eigenvalue weighted by molar-refractivity contribution is 0.148. The Morgan fingerprint density at radius 2 is 2.04 bits per heavy atom. The molecule has 0 amide bonds. The van der Waals surface area contributed by atoms with E-state index in [2.05, 4.69) is 67.7 Å². The molecule has 3 nitrogen and oxygen atoms in total. The lowest BCUT2D eigenvalue weighted by Gasteiger charge is -2.23. The van der Waals surface area contributed by atoms with Gasteiger partial charge in [-0.1, -0.05) is 60.7 Å². The molecular formula is C25H34N2O. The molecule has 1 atom stereocenters. The van der Waals surface area contributed by atoms with Gasteiger partial charge in [0.25, 0.3) is 0 Å². The molecule has 1 aromatic rings. The monoisotopic (exact) mass is 378 g/mol. The summed E-state index contributed by atoms with van der Waals surface area (Å²) < 4.78 is 6.10. The highest BCUT2D eigenvalue weighted by molar-refractivity contribution is 5.72. The molecule has 2 rings (SSSR count). The van der Waals surface area contributed by atoms with Crippen LogP contribution in [0.2, 0.25) is 0 Å². The summed E-state index contributed by atoms with van der Waals surface area (Å²) in [5.41, 5.74) is 5.49. The Morgan fingerprint density at radius 1 is 1.29 bits per heavy atom. The van der Waals surface area contributed by atoms with Crippen molar-refractivity contribution in [3.05, 3.63) is 83.3 Å². The van der Waals surface area contributed by atoms with Crippen LogP contribution in [0.1, 0.15) is 37.8 Å². The van der Waals surface area contributed by atoms with Crippen LogP contribution in [0.4, 0.5) is 0 Å². The minimum absolute atomic E-state index is 0.564. The number of aryl methyl sites for hydroxylation is 1. The fraction of sp³-hybridized carbons (Fsp3) is 0.400. The SMILES string of the molecule is C=CC=NC(/C(C)=C\C(=C)Cc1ccc(C)cc1)=C(/C)OCC1CCCNC1. The van der Waals surface area contributed by atoms with E-state index in [1.165, 1.54) is 24.0 Å². The largest absolute Gasteiger partial charge is 0.496 e. The second-order valence-corrected chi connectivity index (χ2v) is 7.59. The summed E-state index contributed by atoms with van der Waals surface area (Å²) in [6.45, 7) is 17.0. The van der Waals surface area contributed by atoms with Crippen LogP contribution in [0, 0.1) is 12.8 Å². The van der Waals surface area contributed by atoms with E-state index in [9.17, 15) is 0 Å². The standard InChI is InChI=1S/C25H34N2O/c1-6-13-27-25(22(5)28-18-24-8-7-14-26-17-24)21(4)15-20(3)16-23-11-9-19(2)10-12-23/h6,9-13,15,24,26H,1,3,7-8,14,16-18H2,2,4-5H3/b21-15-,25-22-,27-13?. The van der Waals surface area contributed by atoms with Gasteiger partial charge in [-0.15, -0.1) is 0 Å². The number of allylic oxidation sites excluding steroid dienone is 5. The van der Waals surface area contributed by atoms with Gasteiger partial charge in [-0.25, -0.2) is 0 Å². The van der Waals surface area contributed by atoms with Crippen molar-refractivity contribution in [3.8, 4) is 0 Å². The highest BCUT2D eigenvalue weighted by Crippen LogP contribution is 2.21. The number of aliphatic imine (C=N–C) groups is 1. The van der Waals surface area contributed by atoms with Crippen LogP contribution < -0.4 is 5.32 Å². The Hall–Kier alpha value is -2.39. The molecule has 0 aliphatic carbocycles. The Morgan fingerprint density at radius 3 is 2.68 bits per heavy atom. The van der Waals surface area contributed by atoms with Crippen LogP contribution in [0.25, 0.3) is 0 Å². The first-order chi connectivity index (χ1) is 13.5. The summed E-state index contributed by atoms with van der Waals surface area (Å²) in [5, 5.41) is 3.44. The number of benzene rings is 1. The quantitative estimate of drug-likeness (QED) is 0.347. The molecule has 1 aromatic carbocycles. The van der Waals surface area contributed by atoms with Gasteiger partial charge in [0, 0.05) is 18.7 Å². The van der Waals surface area contributed by atoms with E-state index >= 15 is 0 Å². The van der Waals surface area contributed by atoms with Gasteiger partial charge >= 0.3 is 0 Å². The van der Waals surface area contributed by atoms with Crippen molar-refractivity contribution < 1.29 is 4.74 Å². The third-order valence-electron chi connectivity index (χ3n) is 4.92. The minimum Gasteiger partial charge on any atom is -0.496 e. The first-order valence-corrected chi connectivity index (χ1v) is 10.1. The second kappa shape index (κ2) is 11.5. The second-order valence-electron chi connectivity index (χ2n) is 7.59. The van der Waals surface area contributed by atoms with Crippen molar-refractivity contribution in [1.29, 1.82) is 0 Å². The van der Waals surface area contributed by atoms with Gasteiger partial charge in [-0.2, -0.15) is 0 Å². The molecule has 0 radical (unpaired) electrons. The summed E-state index contributed by atoms with van der Waals surface area (Å²) in [4.78, 5) is 4.56. The van der Waals surface area contributed by atoms with E-state index in [0.717, 1.165) is 48.7 Å². The molecule has 1 aliphatic heterocycles. The van der Waals surface area contributed by atoms with E-state index in [1.807, 2.05) is 6.92 Å². The molecule has 1 N–H and O–H groups in total. The van der Waals surface area contributed by atoms with Gasteiger partial charge in [0.15, 0.2) is 0 Å². The van der Waals surface area contributed by atoms with Gasteiger partial charge in [-0.3, -0.25) is 4.99 Å².